The largest absolute Gasteiger partial charge is 0.480 e. The fourth-order valence-electron chi connectivity index (χ4n) is 2.65. The summed E-state index contributed by atoms with van der Waals surface area (Å²) in [5.74, 6) is -1.82. The van der Waals surface area contributed by atoms with E-state index in [1.54, 1.807) is 13.8 Å². The molecular weight excluding hydrogens is 268 g/mol. The van der Waals surface area contributed by atoms with Crippen LogP contribution in [0.2, 0.25) is 0 Å². The number of unbranched alkanes of at least 4 members (excludes halogenated alkanes) is 1. The van der Waals surface area contributed by atoms with Gasteiger partial charge in [0.05, 0.1) is 0 Å². The molecule has 1 N–H and O–H groups in total. The lowest BCUT2D eigenvalue weighted by Gasteiger charge is -2.34. The molecule has 0 amide bonds. The Morgan fingerprint density at radius 1 is 1.14 bits per heavy atom. The van der Waals surface area contributed by atoms with Gasteiger partial charge in [-0.2, -0.15) is 0 Å². The first-order valence-corrected chi connectivity index (χ1v) is 8.16. The summed E-state index contributed by atoms with van der Waals surface area (Å²) >= 11 is 0. The quantitative estimate of drug-likeness (QED) is 0.483. The molecule has 0 aromatic carbocycles. The van der Waals surface area contributed by atoms with Crippen LogP contribution in [0.15, 0.2) is 0 Å². The molecule has 2 atom stereocenters. The summed E-state index contributed by atoms with van der Waals surface area (Å²) in [7, 11) is 0. The number of esters is 1. The number of hydrogen-bond acceptors (Lipinski definition) is 3. The molecule has 0 bridgehead atoms. The third-order valence-electron chi connectivity index (χ3n) is 4.07. The molecule has 0 aliphatic heterocycles. The van der Waals surface area contributed by atoms with Crippen LogP contribution < -0.4 is 0 Å². The summed E-state index contributed by atoms with van der Waals surface area (Å²) in [5, 5.41) is 9.67. The van der Waals surface area contributed by atoms with Crippen molar-refractivity contribution in [2.45, 2.75) is 79.8 Å². The number of rotatable bonds is 10. The van der Waals surface area contributed by atoms with E-state index in [1.165, 1.54) is 0 Å². The molecule has 4 heteroatoms. The average Bonchev–Trinajstić information content (AvgIpc) is 2.39. The summed E-state index contributed by atoms with van der Waals surface area (Å²) in [6.45, 7) is 11.5. The maximum atomic E-state index is 12.6. The van der Waals surface area contributed by atoms with Gasteiger partial charge >= 0.3 is 11.9 Å². The normalized spacial score (nSPS) is 15.8. The summed E-state index contributed by atoms with van der Waals surface area (Å²) in [5.41, 5.74) is -1.44. The van der Waals surface area contributed by atoms with Crippen LogP contribution in [0.1, 0.15) is 73.6 Å². The lowest BCUT2D eigenvalue weighted by atomic mass is 9.71. The first kappa shape index (κ1) is 19.9. The van der Waals surface area contributed by atoms with Crippen LogP contribution in [-0.2, 0) is 14.3 Å². The number of carboxylic acids is 1. The van der Waals surface area contributed by atoms with Gasteiger partial charge in [0.25, 0.3) is 0 Å². The number of ether oxygens (including phenoxy) is 1. The highest BCUT2D eigenvalue weighted by molar-refractivity contribution is 5.99. The van der Waals surface area contributed by atoms with Crippen molar-refractivity contribution in [2.75, 3.05) is 0 Å². The van der Waals surface area contributed by atoms with E-state index in [0.717, 1.165) is 25.7 Å². The van der Waals surface area contributed by atoms with E-state index in [9.17, 15) is 14.7 Å². The Labute approximate surface area is 129 Å². The maximum absolute atomic E-state index is 12.6. The highest BCUT2D eigenvalue weighted by Crippen LogP contribution is 2.37. The van der Waals surface area contributed by atoms with Gasteiger partial charge in [-0.15, -0.1) is 0 Å². The fraction of sp³-hybridized carbons (Fsp3) is 0.882. The minimum atomic E-state index is -1.44. The standard InChI is InChI=1S/C17H32O4/c1-7-9-10-14(8-2)21-16(20)17(13(5)6,15(18)19)11-12(3)4/h12-14H,7-11H2,1-6H3,(H,18,19). The van der Waals surface area contributed by atoms with E-state index >= 15 is 0 Å². The number of hydrogen-bond donors (Lipinski definition) is 1. The van der Waals surface area contributed by atoms with E-state index in [-0.39, 0.29) is 17.9 Å². The summed E-state index contributed by atoms with van der Waals surface area (Å²) in [6.07, 6.45) is 3.67. The predicted molar refractivity (Wildman–Crippen MR) is 84.1 cm³/mol. The van der Waals surface area contributed by atoms with Crippen molar-refractivity contribution >= 4 is 11.9 Å². The second kappa shape index (κ2) is 9.06. The molecule has 0 saturated carbocycles. The Morgan fingerprint density at radius 3 is 2.05 bits per heavy atom. The molecule has 0 fully saturated rings. The Morgan fingerprint density at radius 2 is 1.71 bits per heavy atom. The van der Waals surface area contributed by atoms with Crippen LogP contribution in [0.5, 0.6) is 0 Å². The fourth-order valence-corrected chi connectivity index (χ4v) is 2.65. The Kier molecular flexibility index (Phi) is 8.60. The summed E-state index contributed by atoms with van der Waals surface area (Å²) < 4.78 is 5.57. The zero-order valence-corrected chi connectivity index (χ0v) is 14.4. The third kappa shape index (κ3) is 5.33. The number of aliphatic carboxylic acids is 1. The highest BCUT2D eigenvalue weighted by atomic mass is 16.5. The molecule has 0 aromatic heterocycles. The first-order valence-electron chi connectivity index (χ1n) is 8.16. The first-order chi connectivity index (χ1) is 9.72. The van der Waals surface area contributed by atoms with E-state index < -0.39 is 17.4 Å². The number of carbonyl (C=O) groups is 2. The van der Waals surface area contributed by atoms with Gasteiger partial charge in [-0.05, 0) is 31.1 Å². The Balaban J connectivity index is 5.23. The second-order valence-corrected chi connectivity index (χ2v) is 6.61. The van der Waals surface area contributed by atoms with Gasteiger partial charge in [0.1, 0.15) is 6.10 Å². The SMILES string of the molecule is CCCCC(CC)OC(=O)C(CC(C)C)(C(=O)O)C(C)C. The second-order valence-electron chi connectivity index (χ2n) is 6.61. The van der Waals surface area contributed by atoms with Crippen molar-refractivity contribution in [3.8, 4) is 0 Å². The molecule has 0 spiro atoms. The topological polar surface area (TPSA) is 63.6 Å². The van der Waals surface area contributed by atoms with Gasteiger partial charge < -0.3 is 9.84 Å². The van der Waals surface area contributed by atoms with Crippen LogP contribution in [-0.4, -0.2) is 23.1 Å². The molecule has 0 aliphatic rings. The highest BCUT2D eigenvalue weighted by Gasteiger charge is 2.51. The van der Waals surface area contributed by atoms with Gasteiger partial charge in [0, 0.05) is 0 Å². The van der Waals surface area contributed by atoms with Crippen LogP contribution in [0.25, 0.3) is 0 Å². The van der Waals surface area contributed by atoms with Crippen molar-refractivity contribution in [1.29, 1.82) is 0 Å². The van der Waals surface area contributed by atoms with Crippen LogP contribution in [0.4, 0.5) is 0 Å². The molecule has 21 heavy (non-hydrogen) atoms. The van der Waals surface area contributed by atoms with Gasteiger partial charge in [0.15, 0.2) is 5.41 Å². The summed E-state index contributed by atoms with van der Waals surface area (Å²) in [4.78, 5) is 24.4. The van der Waals surface area contributed by atoms with Crippen molar-refractivity contribution < 1.29 is 19.4 Å². The summed E-state index contributed by atoms with van der Waals surface area (Å²) in [6, 6.07) is 0. The Hall–Kier alpha value is -1.06. The predicted octanol–water partition coefficient (Wildman–Crippen LogP) is 4.27. The molecule has 0 rings (SSSR count). The molecule has 0 saturated heterocycles. The van der Waals surface area contributed by atoms with Crippen molar-refractivity contribution in [3.63, 3.8) is 0 Å². The monoisotopic (exact) mass is 300 g/mol. The molecular formula is C17H32O4. The van der Waals surface area contributed by atoms with E-state index in [2.05, 4.69) is 6.92 Å². The average molecular weight is 300 g/mol. The molecule has 124 valence electrons. The molecule has 0 heterocycles. The minimum Gasteiger partial charge on any atom is -0.480 e. The van der Waals surface area contributed by atoms with Gasteiger partial charge in [-0.3, -0.25) is 9.59 Å². The Bertz CT molecular complexity index is 336. The van der Waals surface area contributed by atoms with Gasteiger partial charge in [0.2, 0.25) is 0 Å². The minimum absolute atomic E-state index is 0.117. The van der Waals surface area contributed by atoms with Gasteiger partial charge in [-0.1, -0.05) is 54.4 Å². The smallest absolute Gasteiger partial charge is 0.324 e. The molecule has 0 aromatic rings. The lowest BCUT2D eigenvalue weighted by molar-refractivity contribution is -0.178. The van der Waals surface area contributed by atoms with Crippen molar-refractivity contribution in [2.24, 2.45) is 17.3 Å². The molecule has 0 aliphatic carbocycles. The lowest BCUT2D eigenvalue weighted by Crippen LogP contribution is -2.47. The van der Waals surface area contributed by atoms with E-state index in [1.807, 2.05) is 20.8 Å². The van der Waals surface area contributed by atoms with E-state index in [4.69, 9.17) is 4.74 Å². The zero-order chi connectivity index (χ0) is 16.6. The van der Waals surface area contributed by atoms with Crippen LogP contribution in [0.3, 0.4) is 0 Å². The van der Waals surface area contributed by atoms with Crippen molar-refractivity contribution in [1.82, 2.24) is 0 Å². The molecule has 4 nitrogen and oxygen atoms in total. The number of carboxylic acid groups (broad SMARTS) is 1. The zero-order valence-electron chi connectivity index (χ0n) is 14.4. The molecule has 2 unspecified atom stereocenters. The van der Waals surface area contributed by atoms with Crippen LogP contribution in [0, 0.1) is 17.3 Å². The molecule has 0 radical (unpaired) electrons. The van der Waals surface area contributed by atoms with Gasteiger partial charge in [-0.25, -0.2) is 0 Å². The maximum Gasteiger partial charge on any atom is 0.324 e. The van der Waals surface area contributed by atoms with E-state index in [0.29, 0.717) is 6.42 Å². The number of carbonyl (C=O) groups excluding carboxylic acids is 1. The van der Waals surface area contributed by atoms with Crippen molar-refractivity contribution in [3.05, 3.63) is 0 Å². The third-order valence-corrected chi connectivity index (χ3v) is 4.07. The van der Waals surface area contributed by atoms with Crippen LogP contribution >= 0.6 is 0 Å².